The zero-order valence-corrected chi connectivity index (χ0v) is 28.3. The van der Waals surface area contributed by atoms with Gasteiger partial charge in [0.25, 0.3) is 0 Å². The molecule has 0 spiro atoms. The van der Waals surface area contributed by atoms with Gasteiger partial charge in [-0.15, -0.1) is 11.3 Å². The molecule has 0 unspecified atom stereocenters. The summed E-state index contributed by atoms with van der Waals surface area (Å²) in [5.41, 5.74) is 10.2. The monoisotopic (exact) mass is 667 g/mol. The molecule has 238 valence electrons. The molecule has 4 heteroatoms. The molecule has 0 saturated carbocycles. The van der Waals surface area contributed by atoms with Gasteiger partial charge in [0.05, 0.1) is 27.8 Å². The second kappa shape index (κ2) is 11.0. The number of fused-ring (bicyclic) bond motifs is 10. The van der Waals surface area contributed by atoms with E-state index in [1.807, 2.05) is 11.3 Å². The van der Waals surface area contributed by atoms with E-state index in [0.717, 1.165) is 44.9 Å². The fraction of sp³-hybridized carbons (Fsp3) is 0. The van der Waals surface area contributed by atoms with Crippen molar-refractivity contribution in [1.82, 2.24) is 14.1 Å². The van der Waals surface area contributed by atoms with Gasteiger partial charge in [-0.3, -0.25) is 4.57 Å². The summed E-state index contributed by atoms with van der Waals surface area (Å²) in [5, 5.41) is 7.46. The van der Waals surface area contributed by atoms with E-state index in [1.54, 1.807) is 0 Å². The molecule has 0 fully saturated rings. The molecule has 0 radical (unpaired) electrons. The van der Waals surface area contributed by atoms with Crippen LogP contribution in [0.4, 0.5) is 0 Å². The van der Waals surface area contributed by atoms with E-state index in [-0.39, 0.29) is 0 Å². The van der Waals surface area contributed by atoms with Crippen molar-refractivity contribution >= 4 is 75.1 Å². The molecular formula is C47H29N3S. The lowest BCUT2D eigenvalue weighted by Gasteiger charge is -2.14. The topological polar surface area (TPSA) is 22.8 Å². The van der Waals surface area contributed by atoms with Gasteiger partial charge in [0.1, 0.15) is 5.82 Å². The first kappa shape index (κ1) is 28.4. The first-order chi connectivity index (χ1) is 25.3. The van der Waals surface area contributed by atoms with Gasteiger partial charge >= 0.3 is 0 Å². The smallest absolute Gasteiger partial charge is 0.138 e. The Kier molecular flexibility index (Phi) is 6.12. The third-order valence-electron chi connectivity index (χ3n) is 10.3. The van der Waals surface area contributed by atoms with Gasteiger partial charge in [0, 0.05) is 53.0 Å². The second-order valence-corrected chi connectivity index (χ2v) is 14.2. The number of para-hydroxylation sites is 3. The van der Waals surface area contributed by atoms with Gasteiger partial charge < -0.3 is 4.57 Å². The Morgan fingerprint density at radius 3 is 1.90 bits per heavy atom. The molecular weight excluding hydrogens is 639 g/mol. The molecule has 0 aliphatic heterocycles. The van der Waals surface area contributed by atoms with Crippen molar-refractivity contribution in [2.75, 3.05) is 0 Å². The third-order valence-corrected chi connectivity index (χ3v) is 11.4. The van der Waals surface area contributed by atoms with E-state index in [9.17, 15) is 0 Å². The highest BCUT2D eigenvalue weighted by atomic mass is 32.1. The molecule has 4 aromatic heterocycles. The first-order valence-electron chi connectivity index (χ1n) is 17.3. The minimum Gasteiger partial charge on any atom is -0.309 e. The minimum atomic E-state index is 0.899. The van der Waals surface area contributed by atoms with E-state index in [2.05, 4.69) is 185 Å². The molecule has 3 nitrogen and oxygen atoms in total. The quantitative estimate of drug-likeness (QED) is 0.183. The van der Waals surface area contributed by atoms with Crippen LogP contribution in [0.5, 0.6) is 0 Å². The lowest BCUT2D eigenvalue weighted by atomic mass is 9.99. The Morgan fingerprint density at radius 2 is 1.08 bits per heavy atom. The maximum Gasteiger partial charge on any atom is 0.138 e. The highest BCUT2D eigenvalue weighted by Crippen LogP contribution is 2.44. The van der Waals surface area contributed by atoms with Gasteiger partial charge in [-0.05, 0) is 65.7 Å². The van der Waals surface area contributed by atoms with Crippen LogP contribution in [0, 0.1) is 0 Å². The number of hydrogen-bond donors (Lipinski definition) is 0. The number of thiophene rings is 1. The van der Waals surface area contributed by atoms with Crippen LogP contribution >= 0.6 is 11.3 Å². The Hall–Kier alpha value is -6.49. The van der Waals surface area contributed by atoms with Gasteiger partial charge in [0.2, 0.25) is 0 Å². The van der Waals surface area contributed by atoms with E-state index in [4.69, 9.17) is 4.98 Å². The van der Waals surface area contributed by atoms with Crippen molar-refractivity contribution in [1.29, 1.82) is 0 Å². The van der Waals surface area contributed by atoms with E-state index < -0.39 is 0 Å². The van der Waals surface area contributed by atoms with Crippen LogP contribution in [-0.2, 0) is 0 Å². The maximum absolute atomic E-state index is 5.57. The average molecular weight is 668 g/mol. The Morgan fingerprint density at radius 1 is 0.412 bits per heavy atom. The molecule has 0 aliphatic carbocycles. The predicted molar refractivity (Wildman–Crippen MR) is 217 cm³/mol. The number of aromatic nitrogens is 3. The van der Waals surface area contributed by atoms with Gasteiger partial charge in [0.15, 0.2) is 0 Å². The predicted octanol–water partition coefficient (Wildman–Crippen LogP) is 13.0. The van der Waals surface area contributed by atoms with Gasteiger partial charge in [-0.1, -0.05) is 121 Å². The van der Waals surface area contributed by atoms with Crippen LogP contribution in [0.15, 0.2) is 176 Å². The lowest BCUT2D eigenvalue weighted by Crippen LogP contribution is -2.00. The summed E-state index contributed by atoms with van der Waals surface area (Å²) in [5.74, 6) is 0.899. The minimum absolute atomic E-state index is 0.899. The average Bonchev–Trinajstić information content (AvgIpc) is 3.86. The van der Waals surface area contributed by atoms with Crippen molar-refractivity contribution in [2.45, 2.75) is 0 Å². The summed E-state index contributed by atoms with van der Waals surface area (Å²) in [4.78, 5) is 5.57. The van der Waals surface area contributed by atoms with Crippen LogP contribution in [0.25, 0.3) is 97.7 Å². The van der Waals surface area contributed by atoms with Crippen molar-refractivity contribution < 1.29 is 0 Å². The molecule has 11 aromatic rings. The van der Waals surface area contributed by atoms with Crippen LogP contribution < -0.4 is 0 Å². The van der Waals surface area contributed by atoms with Crippen LogP contribution in [0.1, 0.15) is 0 Å². The summed E-state index contributed by atoms with van der Waals surface area (Å²) < 4.78 is 7.37. The summed E-state index contributed by atoms with van der Waals surface area (Å²) in [6.07, 6.45) is 0. The lowest BCUT2D eigenvalue weighted by molar-refractivity contribution is 1.09. The van der Waals surface area contributed by atoms with Crippen molar-refractivity contribution in [3.8, 4) is 33.9 Å². The van der Waals surface area contributed by atoms with Crippen molar-refractivity contribution in [3.63, 3.8) is 0 Å². The third kappa shape index (κ3) is 4.21. The zero-order valence-electron chi connectivity index (χ0n) is 27.5. The van der Waals surface area contributed by atoms with E-state index >= 15 is 0 Å². The molecule has 0 aliphatic rings. The fourth-order valence-electron chi connectivity index (χ4n) is 8.15. The standard InChI is InChI=1S/C47H29N3S/c1-3-14-30(15-4-1)31-28-38(35-21-13-25-43-45(35)37-20-9-12-24-42(37)51-43)48-44(29-31)50-40-23-11-8-19-36(40)46-41(50)27-26-34-33-18-7-10-22-39(33)49(47(34)46)32-16-5-2-6-17-32/h1-29H. The first-order valence-corrected chi connectivity index (χ1v) is 18.1. The SMILES string of the molecule is c1ccc(-c2cc(-c3cccc4sc5ccccc5c34)nc(-n3c4ccccc4c4c3ccc3c5ccccc5n(-c5ccccc5)c34)c2)cc1. The summed E-state index contributed by atoms with van der Waals surface area (Å²) in [6.45, 7) is 0. The Balaban J connectivity index is 1.27. The van der Waals surface area contributed by atoms with Crippen molar-refractivity contribution in [2.24, 2.45) is 0 Å². The number of pyridine rings is 1. The normalized spacial score (nSPS) is 11.9. The van der Waals surface area contributed by atoms with E-state index in [0.29, 0.717) is 0 Å². The number of rotatable bonds is 4. The number of benzene rings is 7. The number of hydrogen-bond acceptors (Lipinski definition) is 2. The zero-order chi connectivity index (χ0) is 33.5. The molecule has 11 rings (SSSR count). The molecule has 4 heterocycles. The summed E-state index contributed by atoms with van der Waals surface area (Å²) in [7, 11) is 0. The van der Waals surface area contributed by atoms with Gasteiger partial charge in [-0.25, -0.2) is 4.98 Å². The van der Waals surface area contributed by atoms with Crippen LogP contribution in [0.3, 0.4) is 0 Å². The largest absolute Gasteiger partial charge is 0.309 e. The van der Waals surface area contributed by atoms with Crippen molar-refractivity contribution in [3.05, 3.63) is 176 Å². The molecule has 0 amide bonds. The Labute approximate surface area is 297 Å². The second-order valence-electron chi connectivity index (χ2n) is 13.1. The van der Waals surface area contributed by atoms with Gasteiger partial charge in [-0.2, -0.15) is 0 Å². The van der Waals surface area contributed by atoms with E-state index in [1.165, 1.54) is 52.8 Å². The molecule has 7 aromatic carbocycles. The number of nitrogens with zero attached hydrogens (tertiary/aromatic N) is 3. The summed E-state index contributed by atoms with van der Waals surface area (Å²) >= 11 is 1.84. The maximum atomic E-state index is 5.57. The molecule has 0 atom stereocenters. The molecule has 0 N–H and O–H groups in total. The fourth-order valence-corrected chi connectivity index (χ4v) is 9.29. The molecule has 0 saturated heterocycles. The van der Waals surface area contributed by atoms with Crippen LogP contribution in [0.2, 0.25) is 0 Å². The Bertz CT molecular complexity index is 3130. The summed E-state index contributed by atoms with van der Waals surface area (Å²) in [6, 6.07) is 63.5. The van der Waals surface area contributed by atoms with Crippen LogP contribution in [-0.4, -0.2) is 14.1 Å². The highest BCUT2D eigenvalue weighted by molar-refractivity contribution is 7.25. The highest BCUT2D eigenvalue weighted by Gasteiger charge is 2.22. The molecule has 51 heavy (non-hydrogen) atoms. The molecule has 0 bridgehead atoms.